The van der Waals surface area contributed by atoms with Gasteiger partial charge in [-0.3, -0.25) is 9.69 Å². The van der Waals surface area contributed by atoms with Crippen LogP contribution in [0.25, 0.3) is 0 Å². The fourth-order valence-corrected chi connectivity index (χ4v) is 2.75. The van der Waals surface area contributed by atoms with Crippen LogP contribution in [-0.4, -0.2) is 54.5 Å². The average Bonchev–Trinajstić information content (AvgIpc) is 3.32. The largest absolute Gasteiger partial charge is 0.334 e. The summed E-state index contributed by atoms with van der Waals surface area (Å²) < 4.78 is 13.0. The van der Waals surface area contributed by atoms with Crippen molar-refractivity contribution in [1.29, 1.82) is 0 Å². The standard InChI is InChI=1S/C16H22FN3O/c17-14-3-1-13(2-4-14)11-20(15-5-6-15)16(21)12-19-9-7-18-8-10-19/h1-4,15,18H,5-12H2. The molecule has 1 N–H and O–H groups in total. The first-order chi connectivity index (χ1) is 10.2. The number of nitrogens with one attached hydrogen (secondary N) is 1. The maximum Gasteiger partial charge on any atom is 0.237 e. The highest BCUT2D eigenvalue weighted by Crippen LogP contribution is 2.28. The van der Waals surface area contributed by atoms with Gasteiger partial charge in [-0.15, -0.1) is 0 Å². The lowest BCUT2D eigenvalue weighted by molar-refractivity contribution is -0.133. The van der Waals surface area contributed by atoms with E-state index in [9.17, 15) is 9.18 Å². The number of benzene rings is 1. The van der Waals surface area contributed by atoms with Gasteiger partial charge in [-0.05, 0) is 30.5 Å². The third-order valence-corrected chi connectivity index (χ3v) is 4.14. The third-order valence-electron chi connectivity index (χ3n) is 4.14. The molecule has 0 unspecified atom stereocenters. The molecular weight excluding hydrogens is 269 g/mol. The van der Waals surface area contributed by atoms with Crippen molar-refractivity contribution in [3.05, 3.63) is 35.6 Å². The van der Waals surface area contributed by atoms with Crippen LogP contribution >= 0.6 is 0 Å². The molecule has 0 radical (unpaired) electrons. The van der Waals surface area contributed by atoms with Gasteiger partial charge in [-0.2, -0.15) is 0 Å². The molecular formula is C16H22FN3O. The quantitative estimate of drug-likeness (QED) is 0.886. The minimum absolute atomic E-state index is 0.198. The van der Waals surface area contributed by atoms with Crippen molar-refractivity contribution >= 4 is 5.91 Å². The lowest BCUT2D eigenvalue weighted by Gasteiger charge is -2.30. The number of piperazine rings is 1. The van der Waals surface area contributed by atoms with Crippen LogP contribution in [0.2, 0.25) is 0 Å². The predicted octanol–water partition coefficient (Wildman–Crippen LogP) is 1.22. The van der Waals surface area contributed by atoms with Crippen LogP contribution in [-0.2, 0) is 11.3 Å². The van der Waals surface area contributed by atoms with Crippen LogP contribution in [0.1, 0.15) is 18.4 Å². The highest BCUT2D eigenvalue weighted by Gasteiger charge is 2.33. The summed E-state index contributed by atoms with van der Waals surface area (Å²) in [5.41, 5.74) is 0.997. The van der Waals surface area contributed by atoms with Crippen molar-refractivity contribution in [2.24, 2.45) is 0 Å². The molecule has 0 spiro atoms. The minimum Gasteiger partial charge on any atom is -0.334 e. The summed E-state index contributed by atoms with van der Waals surface area (Å²) in [6, 6.07) is 6.83. The van der Waals surface area contributed by atoms with E-state index in [1.807, 2.05) is 4.90 Å². The second kappa shape index (κ2) is 6.54. The van der Waals surface area contributed by atoms with Gasteiger partial charge < -0.3 is 10.2 Å². The number of hydrogen-bond donors (Lipinski definition) is 1. The zero-order valence-electron chi connectivity index (χ0n) is 12.2. The van der Waals surface area contributed by atoms with Gasteiger partial charge in [0.2, 0.25) is 5.91 Å². The van der Waals surface area contributed by atoms with E-state index in [1.54, 1.807) is 12.1 Å². The summed E-state index contributed by atoms with van der Waals surface area (Å²) >= 11 is 0. The maximum absolute atomic E-state index is 13.0. The van der Waals surface area contributed by atoms with Gasteiger partial charge in [0.25, 0.3) is 0 Å². The lowest BCUT2D eigenvalue weighted by Crippen LogP contribution is -2.48. The fourth-order valence-electron chi connectivity index (χ4n) is 2.75. The second-order valence-corrected chi connectivity index (χ2v) is 5.91. The molecule has 2 aliphatic rings. The molecule has 1 aromatic carbocycles. The number of halogens is 1. The molecule has 1 aromatic rings. The normalized spacial score (nSPS) is 19.5. The summed E-state index contributed by atoms with van der Waals surface area (Å²) in [6.07, 6.45) is 2.18. The number of rotatable bonds is 5. The Morgan fingerprint density at radius 1 is 1.24 bits per heavy atom. The van der Waals surface area contributed by atoms with Crippen LogP contribution in [0.5, 0.6) is 0 Å². The van der Waals surface area contributed by atoms with Crippen molar-refractivity contribution < 1.29 is 9.18 Å². The molecule has 4 nitrogen and oxygen atoms in total. The van der Waals surface area contributed by atoms with Gasteiger partial charge in [0, 0.05) is 38.8 Å². The van der Waals surface area contributed by atoms with Crippen LogP contribution < -0.4 is 5.32 Å². The summed E-state index contributed by atoms with van der Waals surface area (Å²) in [7, 11) is 0. The molecule has 5 heteroatoms. The molecule has 2 fully saturated rings. The molecule has 1 saturated heterocycles. The molecule has 0 bridgehead atoms. The molecule has 114 valence electrons. The summed E-state index contributed by atoms with van der Waals surface area (Å²) in [5.74, 6) is -0.0346. The van der Waals surface area contributed by atoms with E-state index in [2.05, 4.69) is 10.2 Å². The second-order valence-electron chi connectivity index (χ2n) is 5.91. The van der Waals surface area contributed by atoms with Crippen molar-refractivity contribution in [2.45, 2.75) is 25.4 Å². The first-order valence-corrected chi connectivity index (χ1v) is 7.69. The highest BCUT2D eigenvalue weighted by atomic mass is 19.1. The molecule has 21 heavy (non-hydrogen) atoms. The molecule has 1 saturated carbocycles. The Labute approximate surface area is 124 Å². The molecule has 1 aliphatic heterocycles. The van der Waals surface area contributed by atoms with E-state index < -0.39 is 0 Å². The van der Waals surface area contributed by atoms with Crippen molar-refractivity contribution in [2.75, 3.05) is 32.7 Å². The van der Waals surface area contributed by atoms with Gasteiger partial charge in [-0.1, -0.05) is 12.1 Å². The van der Waals surface area contributed by atoms with Crippen LogP contribution in [0.3, 0.4) is 0 Å². The summed E-state index contributed by atoms with van der Waals surface area (Å²) in [6.45, 7) is 4.86. The Balaban J connectivity index is 1.60. The van der Waals surface area contributed by atoms with Crippen LogP contribution in [0, 0.1) is 5.82 Å². The number of nitrogens with zero attached hydrogens (tertiary/aromatic N) is 2. The van der Waals surface area contributed by atoms with Gasteiger partial charge in [-0.25, -0.2) is 4.39 Å². The smallest absolute Gasteiger partial charge is 0.237 e. The van der Waals surface area contributed by atoms with Crippen LogP contribution in [0.4, 0.5) is 4.39 Å². The number of carbonyl (C=O) groups is 1. The minimum atomic E-state index is -0.233. The number of amides is 1. The van der Waals surface area contributed by atoms with E-state index in [0.29, 0.717) is 19.1 Å². The molecule has 0 atom stereocenters. The van der Waals surface area contributed by atoms with E-state index in [-0.39, 0.29) is 11.7 Å². The first kappa shape index (κ1) is 14.5. The highest BCUT2D eigenvalue weighted by molar-refractivity contribution is 5.79. The Hall–Kier alpha value is -1.46. The SMILES string of the molecule is O=C(CN1CCNCC1)N(Cc1ccc(F)cc1)C1CC1. The van der Waals surface area contributed by atoms with E-state index in [4.69, 9.17) is 0 Å². The Morgan fingerprint density at radius 2 is 1.90 bits per heavy atom. The summed E-state index contributed by atoms with van der Waals surface area (Å²) in [5, 5.41) is 3.30. The Morgan fingerprint density at radius 3 is 2.52 bits per heavy atom. The fraction of sp³-hybridized carbons (Fsp3) is 0.562. The number of carbonyl (C=O) groups excluding carboxylic acids is 1. The van der Waals surface area contributed by atoms with Crippen molar-refractivity contribution in [1.82, 2.24) is 15.1 Å². The van der Waals surface area contributed by atoms with Gasteiger partial charge >= 0.3 is 0 Å². The Kier molecular flexibility index (Phi) is 4.51. The molecule has 1 heterocycles. The van der Waals surface area contributed by atoms with Gasteiger partial charge in [0.05, 0.1) is 6.54 Å². The average molecular weight is 291 g/mol. The zero-order valence-corrected chi connectivity index (χ0v) is 12.2. The van der Waals surface area contributed by atoms with Crippen LogP contribution in [0.15, 0.2) is 24.3 Å². The number of hydrogen-bond acceptors (Lipinski definition) is 3. The van der Waals surface area contributed by atoms with Gasteiger partial charge in [0.1, 0.15) is 5.82 Å². The topological polar surface area (TPSA) is 35.6 Å². The molecule has 0 aromatic heterocycles. The maximum atomic E-state index is 13.0. The summed E-state index contributed by atoms with van der Waals surface area (Å²) in [4.78, 5) is 16.7. The predicted molar refractivity (Wildman–Crippen MR) is 79.3 cm³/mol. The lowest BCUT2D eigenvalue weighted by atomic mass is 10.2. The Bertz CT molecular complexity index is 481. The third kappa shape index (κ3) is 4.02. The zero-order chi connectivity index (χ0) is 14.7. The molecule has 3 rings (SSSR count). The van der Waals surface area contributed by atoms with E-state index in [0.717, 1.165) is 44.6 Å². The van der Waals surface area contributed by atoms with E-state index >= 15 is 0 Å². The van der Waals surface area contributed by atoms with E-state index in [1.165, 1.54) is 12.1 Å². The molecule has 1 amide bonds. The molecule has 1 aliphatic carbocycles. The monoisotopic (exact) mass is 291 g/mol. The van der Waals surface area contributed by atoms with Gasteiger partial charge in [0.15, 0.2) is 0 Å². The van der Waals surface area contributed by atoms with Crippen molar-refractivity contribution in [3.63, 3.8) is 0 Å². The first-order valence-electron chi connectivity index (χ1n) is 7.69. The van der Waals surface area contributed by atoms with Crippen molar-refractivity contribution in [3.8, 4) is 0 Å².